The summed E-state index contributed by atoms with van der Waals surface area (Å²) in [5.74, 6) is -1.61. The summed E-state index contributed by atoms with van der Waals surface area (Å²) in [7, 11) is -3.19. The van der Waals surface area contributed by atoms with Gasteiger partial charge in [-0.2, -0.15) is 31.6 Å². The lowest BCUT2D eigenvalue weighted by atomic mass is 10.4. The lowest BCUT2D eigenvalue weighted by Crippen LogP contribution is -2.01. The maximum absolute atomic E-state index is 12.5. The van der Waals surface area contributed by atoms with Crippen LogP contribution in [0.2, 0.25) is 0 Å². The fourth-order valence-corrected chi connectivity index (χ4v) is 10.1. The van der Waals surface area contributed by atoms with Crippen molar-refractivity contribution in [3.05, 3.63) is 138 Å². The van der Waals surface area contributed by atoms with Crippen LogP contribution in [0.1, 0.15) is 94.6 Å². The van der Waals surface area contributed by atoms with Crippen LogP contribution in [0.5, 0.6) is 0 Å². The third-order valence-electron chi connectivity index (χ3n) is 7.77. The smallest absolute Gasteiger partial charge is 0.449 e. The summed E-state index contributed by atoms with van der Waals surface area (Å²) in [6.45, 7) is 24.0. The lowest BCUT2D eigenvalue weighted by molar-refractivity contribution is -0.401. The molecule has 12 aromatic rings. The quantitative estimate of drug-likeness (QED) is 0.0913. The summed E-state index contributed by atoms with van der Waals surface area (Å²) in [4.78, 5) is 9.65. The molecular weight excluding hydrogens is 1140 g/mol. The number of furan rings is 6. The number of sulfone groups is 1. The Labute approximate surface area is 459 Å². The van der Waals surface area contributed by atoms with Crippen molar-refractivity contribution in [2.24, 2.45) is 0 Å². The molecule has 0 fully saturated rings. The number of hydrogen-bond acceptors (Lipinski definition) is 17. The molecule has 12 heterocycles. The molecule has 0 saturated heterocycles. The van der Waals surface area contributed by atoms with E-state index in [1.165, 1.54) is 69.6 Å². The molecule has 0 amide bonds. The zero-order valence-electron chi connectivity index (χ0n) is 43.4. The van der Waals surface area contributed by atoms with E-state index in [1.807, 2.05) is 117 Å². The Hall–Kier alpha value is -6.14. The summed E-state index contributed by atoms with van der Waals surface area (Å²) >= 11 is 8.30. The van der Waals surface area contributed by atoms with Gasteiger partial charge in [0.15, 0.2) is 11.2 Å². The van der Waals surface area contributed by atoms with E-state index in [0.717, 1.165) is 48.0 Å². The van der Waals surface area contributed by atoms with Gasteiger partial charge in [0.1, 0.15) is 38.0 Å². The van der Waals surface area contributed by atoms with Gasteiger partial charge in [-0.15, -0.1) is 68.0 Å². The Morgan fingerprint density at radius 3 is 1.32 bits per heavy atom. The average Bonchev–Trinajstić information content (AvgIpc) is 4.22. The maximum atomic E-state index is 12.5. The second kappa shape index (κ2) is 34.5. The minimum absolute atomic E-state index is 0.0457. The van der Waals surface area contributed by atoms with Crippen LogP contribution in [0.4, 0.5) is 32.2 Å². The molecule has 0 radical (unpaired) electrons. The largest absolute Gasteiger partial charge is 0.451 e. The van der Waals surface area contributed by atoms with Gasteiger partial charge in [-0.25, -0.2) is 8.42 Å². The third-order valence-corrected chi connectivity index (χ3v) is 13.8. The summed E-state index contributed by atoms with van der Waals surface area (Å²) in [6.07, 6.45) is -3.24. The van der Waals surface area contributed by atoms with E-state index in [4.69, 9.17) is 18.5 Å². The summed E-state index contributed by atoms with van der Waals surface area (Å²) in [6, 6.07) is 17.6. The first kappa shape index (κ1) is 67.9. The molecule has 12 rings (SSSR count). The van der Waals surface area contributed by atoms with Crippen molar-refractivity contribution in [2.45, 2.75) is 94.4 Å². The summed E-state index contributed by atoms with van der Waals surface area (Å²) in [5.41, 5.74) is 3.24. The van der Waals surface area contributed by atoms with Crippen LogP contribution in [0.3, 0.4) is 0 Å². The average molecular weight is 1200 g/mol. The molecular formula is C51H56F6N2O10S7. The van der Waals surface area contributed by atoms with Crippen LogP contribution >= 0.6 is 68.0 Å². The lowest BCUT2D eigenvalue weighted by Gasteiger charge is -1.98. The Balaban J connectivity index is 0.000000439. The first-order valence-corrected chi connectivity index (χ1v) is 30.3. The standard InChI is InChI=1S/C7H3F3OS.C7H3NOS.C7H6O3S2.C6H2F2OS.C6H3FOS.C6H3NO3S.6C2H6/c8-7(9,10)6-3-5-4(11-6)1-2-12-5;8-4-5-3-7-6(9-5)1-2-10-7;1-12(8,9)7-4-6-5(10-7)2-3-11-6;7-4-5-3(1-2-10-5)9-6(4)8;7-6-3-5-4(8-6)1-2-9-5;8-7(9)6-3-5-4(10-6)1-2-11-5;6*1-2/h1-3H;1-3H;2-4H,1H3;1-2H;1-3H;1-3H;6*1-2H3. The number of fused-ring (bicyclic) bond motifs is 6. The van der Waals surface area contributed by atoms with Crippen molar-refractivity contribution >= 4 is 145 Å². The van der Waals surface area contributed by atoms with Crippen molar-refractivity contribution in [2.75, 3.05) is 6.26 Å². The predicted octanol–water partition coefficient (Wildman–Crippen LogP) is 21.7. The molecule has 25 heteroatoms. The molecule has 0 unspecified atom stereocenters. The molecule has 0 bridgehead atoms. The van der Waals surface area contributed by atoms with Crippen LogP contribution in [0, 0.1) is 39.3 Å². The number of nitrogens with zero attached hydrogens (tertiary/aromatic N) is 2. The normalized spacial score (nSPS) is 9.97. The minimum Gasteiger partial charge on any atom is -0.451 e. The van der Waals surface area contributed by atoms with Gasteiger partial charge in [0, 0.05) is 30.5 Å². The Morgan fingerprint density at radius 1 is 0.526 bits per heavy atom. The van der Waals surface area contributed by atoms with Gasteiger partial charge in [0.2, 0.25) is 32.3 Å². The van der Waals surface area contributed by atoms with Gasteiger partial charge in [0.05, 0.1) is 29.6 Å². The molecule has 0 N–H and O–H groups in total. The monoisotopic (exact) mass is 1190 g/mol. The van der Waals surface area contributed by atoms with Crippen LogP contribution in [0.15, 0.2) is 131 Å². The highest BCUT2D eigenvalue weighted by molar-refractivity contribution is 7.90. The molecule has 0 aromatic carbocycles. The van der Waals surface area contributed by atoms with E-state index in [2.05, 4.69) is 13.3 Å². The molecule has 0 aliphatic heterocycles. The van der Waals surface area contributed by atoms with Crippen molar-refractivity contribution in [1.29, 1.82) is 5.26 Å². The van der Waals surface area contributed by atoms with Gasteiger partial charge < -0.3 is 26.5 Å². The minimum atomic E-state index is -4.38. The number of alkyl halides is 3. The van der Waals surface area contributed by atoms with E-state index < -0.39 is 44.5 Å². The van der Waals surface area contributed by atoms with Crippen LogP contribution in [-0.2, 0) is 16.0 Å². The molecule has 0 saturated carbocycles. The number of hydrogen-bond donors (Lipinski definition) is 0. The fraction of sp³-hybridized carbons (Fsp3) is 0.275. The SMILES string of the molecule is CC.CC.CC.CC.CC.CC.CS(=O)(=O)c1cc2sccc2o1.FC(F)(F)c1cc2sccc2o1.Fc1cc2sccc2o1.Fc1oc2ccsc2c1F.N#Cc1cc2sccc2o1.O=[N+]([O-])c1cc2sccc2o1. The second-order valence-electron chi connectivity index (χ2n) is 12.1. The molecule has 76 heavy (non-hydrogen) atoms. The van der Waals surface area contributed by atoms with E-state index >= 15 is 0 Å². The molecule has 0 aliphatic rings. The fourth-order valence-electron chi connectivity index (χ4n) is 5.00. The number of rotatable bonds is 2. The van der Waals surface area contributed by atoms with Gasteiger partial charge >= 0.3 is 18.1 Å². The van der Waals surface area contributed by atoms with E-state index in [-0.39, 0.29) is 21.3 Å². The van der Waals surface area contributed by atoms with E-state index in [0.29, 0.717) is 32.8 Å². The summed E-state index contributed by atoms with van der Waals surface area (Å²) in [5, 5.41) is 29.5. The van der Waals surface area contributed by atoms with Gasteiger partial charge in [-0.3, -0.25) is 10.1 Å². The highest BCUT2D eigenvalue weighted by atomic mass is 32.2. The van der Waals surface area contributed by atoms with Gasteiger partial charge in [-0.05, 0) is 68.7 Å². The zero-order valence-corrected chi connectivity index (χ0v) is 49.1. The number of nitriles is 1. The molecule has 12 nitrogen and oxygen atoms in total. The van der Waals surface area contributed by atoms with Gasteiger partial charge in [-0.1, -0.05) is 83.1 Å². The zero-order chi connectivity index (χ0) is 57.8. The molecule has 414 valence electrons. The highest BCUT2D eigenvalue weighted by Crippen LogP contribution is 2.36. The van der Waals surface area contributed by atoms with Crippen LogP contribution in [0.25, 0.3) is 61.7 Å². The topological polar surface area (TPSA) is 180 Å². The Kier molecular flexibility index (Phi) is 30.8. The van der Waals surface area contributed by atoms with Crippen LogP contribution in [-0.4, -0.2) is 19.6 Å². The maximum Gasteiger partial charge on any atom is 0.449 e. The van der Waals surface area contributed by atoms with Crippen LogP contribution < -0.4 is 0 Å². The molecule has 12 aromatic heterocycles. The molecule has 0 atom stereocenters. The Morgan fingerprint density at radius 2 is 0.921 bits per heavy atom. The van der Waals surface area contributed by atoms with Crippen molar-refractivity contribution in [3.63, 3.8) is 0 Å². The third kappa shape index (κ3) is 19.8. The van der Waals surface area contributed by atoms with Crippen molar-refractivity contribution in [3.8, 4) is 6.07 Å². The van der Waals surface area contributed by atoms with Gasteiger partial charge in [0.25, 0.3) is 6.01 Å². The second-order valence-corrected chi connectivity index (χ2v) is 19.7. The number of nitro groups is 1. The van der Waals surface area contributed by atoms with E-state index in [9.17, 15) is 44.9 Å². The summed E-state index contributed by atoms with van der Waals surface area (Å²) < 4.78 is 128. The predicted molar refractivity (Wildman–Crippen MR) is 302 cm³/mol. The first-order chi connectivity index (χ1) is 36.5. The highest BCUT2D eigenvalue weighted by Gasteiger charge is 2.35. The number of halogens is 6. The Bertz CT molecular complexity index is 3480. The first-order valence-electron chi connectivity index (χ1n) is 23.1. The van der Waals surface area contributed by atoms with Crippen molar-refractivity contribution in [1.82, 2.24) is 0 Å². The number of thiophene rings is 6. The van der Waals surface area contributed by atoms with Crippen molar-refractivity contribution < 1.29 is 66.2 Å². The molecule has 0 spiro atoms. The van der Waals surface area contributed by atoms with E-state index in [1.54, 1.807) is 52.4 Å². The molecule has 0 aliphatic carbocycles.